The van der Waals surface area contributed by atoms with Gasteiger partial charge in [0.15, 0.2) is 0 Å². The minimum absolute atomic E-state index is 0.321. The van der Waals surface area contributed by atoms with Crippen molar-refractivity contribution in [2.75, 3.05) is 6.54 Å². The van der Waals surface area contributed by atoms with Crippen molar-refractivity contribution >= 4 is 40.3 Å². The van der Waals surface area contributed by atoms with Gasteiger partial charge in [-0.1, -0.05) is 0 Å². The van der Waals surface area contributed by atoms with E-state index in [0.29, 0.717) is 18.4 Å². The standard InChI is InChI=1S/C6H7ClIN3O2/c7-5-10-4(8)3-11(5)2-1-9-6(12)13/h3,9H,1-2H2,(H,12,13). The average Bonchev–Trinajstić information content (AvgIpc) is 2.29. The van der Waals surface area contributed by atoms with E-state index in [1.807, 2.05) is 22.6 Å². The fraction of sp³-hybridized carbons (Fsp3) is 0.333. The second-order valence-corrected chi connectivity index (χ2v) is 3.70. The summed E-state index contributed by atoms with van der Waals surface area (Å²) >= 11 is 7.77. The fourth-order valence-electron chi connectivity index (χ4n) is 0.803. The lowest BCUT2D eigenvalue weighted by molar-refractivity contribution is 0.194. The molecule has 13 heavy (non-hydrogen) atoms. The molecule has 0 bridgehead atoms. The number of imidazole rings is 1. The molecule has 0 spiro atoms. The van der Waals surface area contributed by atoms with E-state index in [2.05, 4.69) is 10.3 Å². The maximum atomic E-state index is 10.1. The lowest BCUT2D eigenvalue weighted by atomic mass is 10.6. The molecule has 1 aromatic rings. The van der Waals surface area contributed by atoms with Gasteiger partial charge in [-0.25, -0.2) is 9.78 Å². The number of amides is 1. The third-order valence-corrected chi connectivity index (χ3v) is 2.15. The van der Waals surface area contributed by atoms with Gasteiger partial charge in [0, 0.05) is 19.3 Å². The third-order valence-electron chi connectivity index (χ3n) is 1.33. The van der Waals surface area contributed by atoms with E-state index in [4.69, 9.17) is 16.7 Å². The summed E-state index contributed by atoms with van der Waals surface area (Å²) in [7, 11) is 0. The van der Waals surface area contributed by atoms with E-state index in [1.54, 1.807) is 10.8 Å². The molecule has 0 aliphatic heterocycles. The number of rotatable bonds is 3. The van der Waals surface area contributed by atoms with Crippen molar-refractivity contribution in [1.82, 2.24) is 14.9 Å². The quantitative estimate of drug-likeness (QED) is 0.829. The number of nitrogens with zero attached hydrogens (tertiary/aromatic N) is 2. The molecular weight excluding hydrogens is 308 g/mol. The molecule has 0 aliphatic carbocycles. The molecular formula is C6H7ClIN3O2. The van der Waals surface area contributed by atoms with Gasteiger partial charge in [0.25, 0.3) is 0 Å². The van der Waals surface area contributed by atoms with Crippen molar-refractivity contribution in [3.63, 3.8) is 0 Å². The zero-order valence-electron chi connectivity index (χ0n) is 6.50. The first-order valence-electron chi connectivity index (χ1n) is 3.44. The number of hydrogen-bond acceptors (Lipinski definition) is 2. The van der Waals surface area contributed by atoms with Crippen LogP contribution < -0.4 is 5.32 Å². The Bertz CT molecular complexity index is 315. The summed E-state index contributed by atoms with van der Waals surface area (Å²) in [6, 6.07) is 0. The maximum Gasteiger partial charge on any atom is 0.404 e. The Kier molecular flexibility index (Phi) is 3.79. The van der Waals surface area contributed by atoms with Crippen LogP contribution in [0, 0.1) is 3.70 Å². The van der Waals surface area contributed by atoms with Crippen LogP contribution in [0.5, 0.6) is 0 Å². The first-order valence-corrected chi connectivity index (χ1v) is 4.90. The van der Waals surface area contributed by atoms with Gasteiger partial charge in [0.2, 0.25) is 5.28 Å². The highest BCUT2D eigenvalue weighted by Gasteiger charge is 2.02. The van der Waals surface area contributed by atoms with Crippen LogP contribution in [0.2, 0.25) is 5.28 Å². The monoisotopic (exact) mass is 315 g/mol. The molecule has 1 amide bonds. The van der Waals surface area contributed by atoms with Crippen molar-refractivity contribution in [3.8, 4) is 0 Å². The first-order chi connectivity index (χ1) is 6.09. The topological polar surface area (TPSA) is 67.2 Å². The van der Waals surface area contributed by atoms with E-state index in [0.717, 1.165) is 3.70 Å². The lowest BCUT2D eigenvalue weighted by Gasteiger charge is -2.02. The van der Waals surface area contributed by atoms with Crippen LogP contribution in [0.15, 0.2) is 6.20 Å². The number of nitrogens with one attached hydrogen (secondary N) is 1. The largest absolute Gasteiger partial charge is 0.465 e. The van der Waals surface area contributed by atoms with Crippen molar-refractivity contribution in [3.05, 3.63) is 15.2 Å². The summed E-state index contributed by atoms with van der Waals surface area (Å²) in [6.07, 6.45) is 0.720. The van der Waals surface area contributed by atoms with E-state index < -0.39 is 6.09 Å². The molecule has 0 fully saturated rings. The van der Waals surface area contributed by atoms with Gasteiger partial charge in [-0.2, -0.15) is 0 Å². The number of hydrogen-bond donors (Lipinski definition) is 2. The van der Waals surface area contributed by atoms with Crippen molar-refractivity contribution in [1.29, 1.82) is 0 Å². The van der Waals surface area contributed by atoms with E-state index in [1.165, 1.54) is 0 Å². The van der Waals surface area contributed by atoms with Crippen molar-refractivity contribution in [2.24, 2.45) is 0 Å². The molecule has 1 rings (SSSR count). The van der Waals surface area contributed by atoms with Crippen LogP contribution in [0.25, 0.3) is 0 Å². The van der Waals surface area contributed by atoms with Gasteiger partial charge in [-0.3, -0.25) is 0 Å². The highest BCUT2D eigenvalue weighted by Crippen LogP contribution is 2.10. The van der Waals surface area contributed by atoms with Crippen LogP contribution in [-0.2, 0) is 6.54 Å². The molecule has 72 valence electrons. The van der Waals surface area contributed by atoms with E-state index in [-0.39, 0.29) is 0 Å². The summed E-state index contributed by atoms with van der Waals surface area (Å²) in [5.41, 5.74) is 0. The molecule has 0 saturated carbocycles. The minimum Gasteiger partial charge on any atom is -0.465 e. The Morgan fingerprint density at radius 2 is 2.54 bits per heavy atom. The Morgan fingerprint density at radius 3 is 3.00 bits per heavy atom. The zero-order chi connectivity index (χ0) is 9.84. The SMILES string of the molecule is O=C(O)NCCn1cc(I)nc1Cl. The van der Waals surface area contributed by atoms with Crippen molar-refractivity contribution in [2.45, 2.75) is 6.54 Å². The first kappa shape index (κ1) is 10.6. The van der Waals surface area contributed by atoms with Crippen LogP contribution in [0.3, 0.4) is 0 Å². The van der Waals surface area contributed by atoms with Gasteiger partial charge >= 0.3 is 6.09 Å². The Morgan fingerprint density at radius 1 is 1.85 bits per heavy atom. The van der Waals surface area contributed by atoms with E-state index >= 15 is 0 Å². The maximum absolute atomic E-state index is 10.1. The van der Waals surface area contributed by atoms with Gasteiger partial charge in [0.05, 0.1) is 0 Å². The summed E-state index contributed by atoms with van der Waals surface area (Å²) < 4.78 is 2.47. The molecule has 0 atom stereocenters. The Labute approximate surface area is 93.2 Å². The molecule has 0 unspecified atom stereocenters. The van der Waals surface area contributed by atoms with Crippen LogP contribution in [0.1, 0.15) is 0 Å². The number of aromatic nitrogens is 2. The molecule has 0 saturated heterocycles. The zero-order valence-corrected chi connectivity index (χ0v) is 9.41. The molecule has 0 aromatic carbocycles. The molecule has 1 aromatic heterocycles. The second kappa shape index (κ2) is 4.66. The third kappa shape index (κ3) is 3.39. The molecule has 5 nitrogen and oxygen atoms in total. The predicted octanol–water partition coefficient (Wildman–Crippen LogP) is 1.41. The molecule has 1 heterocycles. The normalized spacial score (nSPS) is 10.0. The average molecular weight is 315 g/mol. The number of halogens is 2. The second-order valence-electron chi connectivity index (χ2n) is 2.26. The van der Waals surface area contributed by atoms with Gasteiger partial charge < -0.3 is 15.0 Å². The number of carbonyl (C=O) groups is 1. The highest BCUT2D eigenvalue weighted by molar-refractivity contribution is 14.1. The van der Waals surface area contributed by atoms with Crippen LogP contribution in [0.4, 0.5) is 4.79 Å². The summed E-state index contributed by atoms with van der Waals surface area (Å²) in [5.74, 6) is 0. The molecule has 0 aliphatic rings. The van der Waals surface area contributed by atoms with E-state index in [9.17, 15) is 4.79 Å². The molecule has 7 heteroatoms. The molecule has 2 N–H and O–H groups in total. The minimum atomic E-state index is -1.04. The summed E-state index contributed by atoms with van der Waals surface area (Å²) in [5, 5.41) is 10.9. The van der Waals surface area contributed by atoms with Gasteiger partial charge in [-0.15, -0.1) is 0 Å². The summed E-state index contributed by atoms with van der Waals surface area (Å²) in [6.45, 7) is 0.808. The Balaban J connectivity index is 2.45. The molecule has 0 radical (unpaired) electrons. The fourth-order valence-corrected chi connectivity index (χ4v) is 1.73. The number of carboxylic acid groups (broad SMARTS) is 1. The Hall–Kier alpha value is -0.500. The lowest BCUT2D eigenvalue weighted by Crippen LogP contribution is -2.25. The van der Waals surface area contributed by atoms with Crippen LogP contribution in [-0.4, -0.2) is 27.3 Å². The van der Waals surface area contributed by atoms with Gasteiger partial charge in [-0.05, 0) is 34.2 Å². The summed E-state index contributed by atoms with van der Waals surface area (Å²) in [4.78, 5) is 14.1. The van der Waals surface area contributed by atoms with Crippen molar-refractivity contribution < 1.29 is 9.90 Å². The predicted molar refractivity (Wildman–Crippen MR) is 56.0 cm³/mol. The highest BCUT2D eigenvalue weighted by atomic mass is 127. The van der Waals surface area contributed by atoms with Crippen LogP contribution >= 0.6 is 34.2 Å². The van der Waals surface area contributed by atoms with Gasteiger partial charge in [0.1, 0.15) is 3.70 Å². The smallest absolute Gasteiger partial charge is 0.404 e.